The molecule has 0 aromatic heterocycles. The minimum Gasteiger partial charge on any atom is -0.485 e. The molecule has 1 amide bonds. The first-order chi connectivity index (χ1) is 10.8. The van der Waals surface area contributed by atoms with Gasteiger partial charge in [-0.1, -0.05) is 18.6 Å². The number of carbonyl (C=O) groups is 1. The number of ether oxygens (including phenoxy) is 2. The van der Waals surface area contributed by atoms with Crippen molar-refractivity contribution < 1.29 is 14.3 Å². The van der Waals surface area contributed by atoms with Gasteiger partial charge < -0.3 is 19.7 Å². The standard InChI is InChI=1S/C17H24N2O3/c20-17(18-9-6-12-19-10-4-1-5-11-19)16-13-21-14-7-2-3-8-15(14)22-16/h2-3,7-8,16H,1,4-6,9-13H2,(H,18,20)/t16-/m1/s1. The summed E-state index contributed by atoms with van der Waals surface area (Å²) in [6, 6.07) is 7.44. The molecule has 0 unspecified atom stereocenters. The van der Waals surface area contributed by atoms with Crippen molar-refractivity contribution >= 4 is 5.91 Å². The summed E-state index contributed by atoms with van der Waals surface area (Å²) < 4.78 is 11.3. The van der Waals surface area contributed by atoms with Crippen LogP contribution < -0.4 is 14.8 Å². The van der Waals surface area contributed by atoms with Gasteiger partial charge in [0.15, 0.2) is 11.5 Å². The Hall–Kier alpha value is -1.75. The third-order valence-corrected chi connectivity index (χ3v) is 4.20. The lowest BCUT2D eigenvalue weighted by Crippen LogP contribution is -2.44. The van der Waals surface area contributed by atoms with E-state index in [2.05, 4.69) is 10.2 Å². The number of nitrogens with zero attached hydrogens (tertiary/aromatic N) is 1. The van der Waals surface area contributed by atoms with Crippen LogP contribution in [0.25, 0.3) is 0 Å². The highest BCUT2D eigenvalue weighted by Crippen LogP contribution is 2.30. The maximum atomic E-state index is 12.1. The lowest BCUT2D eigenvalue weighted by atomic mass is 10.1. The van der Waals surface area contributed by atoms with E-state index in [9.17, 15) is 4.79 Å². The summed E-state index contributed by atoms with van der Waals surface area (Å²) in [7, 11) is 0. The third-order valence-electron chi connectivity index (χ3n) is 4.20. The van der Waals surface area contributed by atoms with Gasteiger partial charge in [0.05, 0.1) is 0 Å². The molecule has 120 valence electrons. The monoisotopic (exact) mass is 304 g/mol. The van der Waals surface area contributed by atoms with Crippen LogP contribution in [0.2, 0.25) is 0 Å². The molecule has 0 bridgehead atoms. The number of nitrogens with one attached hydrogen (secondary N) is 1. The minimum atomic E-state index is -0.551. The Balaban J connectivity index is 1.37. The van der Waals surface area contributed by atoms with Crippen molar-refractivity contribution in [1.82, 2.24) is 10.2 Å². The first kappa shape index (κ1) is 15.2. The predicted octanol–water partition coefficient (Wildman–Crippen LogP) is 1.82. The molecule has 1 atom stereocenters. The van der Waals surface area contributed by atoms with Crippen molar-refractivity contribution in [3.63, 3.8) is 0 Å². The molecule has 5 heteroatoms. The van der Waals surface area contributed by atoms with Crippen molar-refractivity contribution in [2.45, 2.75) is 31.8 Å². The van der Waals surface area contributed by atoms with Crippen molar-refractivity contribution in [1.29, 1.82) is 0 Å². The van der Waals surface area contributed by atoms with Gasteiger partial charge in [0.25, 0.3) is 5.91 Å². The number of hydrogen-bond donors (Lipinski definition) is 1. The summed E-state index contributed by atoms with van der Waals surface area (Å²) in [5, 5.41) is 2.95. The third kappa shape index (κ3) is 3.91. The molecular weight excluding hydrogens is 280 g/mol. The zero-order chi connectivity index (χ0) is 15.2. The van der Waals surface area contributed by atoms with Gasteiger partial charge in [-0.05, 0) is 51.0 Å². The molecule has 2 aliphatic rings. The molecule has 3 rings (SSSR count). The van der Waals surface area contributed by atoms with Crippen molar-refractivity contribution in [2.75, 3.05) is 32.8 Å². The molecule has 0 aliphatic carbocycles. The summed E-state index contributed by atoms with van der Waals surface area (Å²) in [5.41, 5.74) is 0. The van der Waals surface area contributed by atoms with Crippen molar-refractivity contribution in [3.05, 3.63) is 24.3 Å². The van der Waals surface area contributed by atoms with Crippen LogP contribution >= 0.6 is 0 Å². The fraction of sp³-hybridized carbons (Fsp3) is 0.588. The van der Waals surface area contributed by atoms with E-state index in [1.54, 1.807) is 0 Å². The highest BCUT2D eigenvalue weighted by molar-refractivity contribution is 5.81. The van der Waals surface area contributed by atoms with Gasteiger partial charge in [-0.15, -0.1) is 0 Å². The lowest BCUT2D eigenvalue weighted by molar-refractivity contribution is -0.130. The Kier molecular flexibility index (Phi) is 5.16. The van der Waals surface area contributed by atoms with E-state index in [1.807, 2.05) is 24.3 Å². The van der Waals surface area contributed by atoms with Gasteiger partial charge in [0.2, 0.25) is 6.10 Å². The molecule has 1 N–H and O–H groups in total. The van der Waals surface area contributed by atoms with Gasteiger partial charge in [0.1, 0.15) is 6.61 Å². The summed E-state index contributed by atoms with van der Waals surface area (Å²) >= 11 is 0. The molecular formula is C17H24N2O3. The van der Waals surface area contributed by atoms with E-state index in [1.165, 1.54) is 32.4 Å². The molecule has 1 aromatic rings. The zero-order valence-corrected chi connectivity index (χ0v) is 12.9. The Morgan fingerprint density at radius 3 is 2.77 bits per heavy atom. The number of benzene rings is 1. The van der Waals surface area contributed by atoms with Crippen LogP contribution in [0.3, 0.4) is 0 Å². The number of rotatable bonds is 5. The summed E-state index contributed by atoms with van der Waals surface area (Å²) in [4.78, 5) is 14.6. The number of carbonyl (C=O) groups excluding carboxylic acids is 1. The van der Waals surface area contributed by atoms with Crippen LogP contribution in [0, 0.1) is 0 Å². The summed E-state index contributed by atoms with van der Waals surface area (Å²) in [5.74, 6) is 1.26. The molecule has 2 heterocycles. The number of amides is 1. The number of likely N-dealkylation sites (tertiary alicyclic amines) is 1. The largest absolute Gasteiger partial charge is 0.485 e. The topological polar surface area (TPSA) is 50.8 Å². The number of para-hydroxylation sites is 2. The fourth-order valence-electron chi connectivity index (χ4n) is 2.96. The van der Waals surface area contributed by atoms with E-state index in [4.69, 9.17) is 9.47 Å². The summed E-state index contributed by atoms with van der Waals surface area (Å²) in [6.07, 6.45) is 4.40. The minimum absolute atomic E-state index is 0.0897. The van der Waals surface area contributed by atoms with Crippen LogP contribution in [0.1, 0.15) is 25.7 Å². The molecule has 1 saturated heterocycles. The number of piperidine rings is 1. The van der Waals surface area contributed by atoms with E-state index in [0.717, 1.165) is 13.0 Å². The van der Waals surface area contributed by atoms with Crippen LogP contribution in [0.4, 0.5) is 0 Å². The van der Waals surface area contributed by atoms with Crippen molar-refractivity contribution in [3.8, 4) is 11.5 Å². The first-order valence-corrected chi connectivity index (χ1v) is 8.21. The summed E-state index contributed by atoms with van der Waals surface area (Å²) in [6.45, 7) is 4.42. The number of fused-ring (bicyclic) bond motifs is 1. The molecule has 22 heavy (non-hydrogen) atoms. The van der Waals surface area contributed by atoms with E-state index >= 15 is 0 Å². The van der Waals surface area contributed by atoms with Crippen molar-refractivity contribution in [2.24, 2.45) is 0 Å². The molecule has 0 radical (unpaired) electrons. The van der Waals surface area contributed by atoms with Gasteiger partial charge in [-0.2, -0.15) is 0 Å². The average Bonchev–Trinajstić information content (AvgIpc) is 2.59. The van der Waals surface area contributed by atoms with E-state index in [0.29, 0.717) is 18.0 Å². The van der Waals surface area contributed by atoms with Gasteiger partial charge in [0, 0.05) is 6.54 Å². The molecule has 2 aliphatic heterocycles. The molecule has 1 aromatic carbocycles. The normalized spacial score (nSPS) is 21.4. The number of hydrogen-bond acceptors (Lipinski definition) is 4. The molecule has 0 saturated carbocycles. The van der Waals surface area contributed by atoms with Crippen LogP contribution in [0.5, 0.6) is 11.5 Å². The second kappa shape index (κ2) is 7.49. The van der Waals surface area contributed by atoms with Gasteiger partial charge in [-0.25, -0.2) is 0 Å². The second-order valence-corrected chi connectivity index (χ2v) is 5.91. The smallest absolute Gasteiger partial charge is 0.264 e. The Bertz CT molecular complexity index is 500. The fourth-order valence-corrected chi connectivity index (χ4v) is 2.96. The van der Waals surface area contributed by atoms with E-state index < -0.39 is 6.10 Å². The van der Waals surface area contributed by atoms with E-state index in [-0.39, 0.29) is 12.5 Å². The Morgan fingerprint density at radius 2 is 1.95 bits per heavy atom. The van der Waals surface area contributed by atoms with Crippen LogP contribution in [-0.4, -0.2) is 49.7 Å². The average molecular weight is 304 g/mol. The molecule has 0 spiro atoms. The lowest BCUT2D eigenvalue weighted by Gasteiger charge is -2.27. The first-order valence-electron chi connectivity index (χ1n) is 8.21. The quantitative estimate of drug-likeness (QED) is 0.843. The Labute approximate surface area is 131 Å². The highest BCUT2D eigenvalue weighted by atomic mass is 16.6. The Morgan fingerprint density at radius 1 is 1.18 bits per heavy atom. The molecule has 1 fully saturated rings. The van der Waals surface area contributed by atoms with Gasteiger partial charge >= 0.3 is 0 Å². The highest BCUT2D eigenvalue weighted by Gasteiger charge is 2.26. The van der Waals surface area contributed by atoms with Crippen LogP contribution in [-0.2, 0) is 4.79 Å². The van der Waals surface area contributed by atoms with Gasteiger partial charge in [-0.3, -0.25) is 4.79 Å². The zero-order valence-electron chi connectivity index (χ0n) is 12.9. The second-order valence-electron chi connectivity index (χ2n) is 5.91. The molecule has 5 nitrogen and oxygen atoms in total. The maximum Gasteiger partial charge on any atom is 0.264 e. The van der Waals surface area contributed by atoms with Crippen LogP contribution in [0.15, 0.2) is 24.3 Å². The predicted molar refractivity (Wildman–Crippen MR) is 84.3 cm³/mol. The maximum absolute atomic E-state index is 12.1. The SMILES string of the molecule is O=C(NCCCN1CCCCC1)[C@H]1COc2ccccc2O1.